The second-order valence-electron chi connectivity index (χ2n) is 7.34. The van der Waals surface area contributed by atoms with Gasteiger partial charge in [-0.15, -0.1) is 0 Å². The molecule has 0 saturated carbocycles. The van der Waals surface area contributed by atoms with Crippen molar-refractivity contribution in [2.45, 2.75) is 19.9 Å². The minimum Gasteiger partial charge on any atom is -0.346 e. The van der Waals surface area contributed by atoms with Crippen molar-refractivity contribution in [3.63, 3.8) is 0 Å². The Labute approximate surface area is 170 Å². The first-order valence-electron chi connectivity index (χ1n) is 9.56. The molecule has 2 amide bonds. The molecule has 150 valence electrons. The third kappa shape index (κ3) is 4.98. The summed E-state index contributed by atoms with van der Waals surface area (Å²) in [5.41, 5.74) is 3.77. The summed E-state index contributed by atoms with van der Waals surface area (Å²) in [7, 11) is 2.12. The van der Waals surface area contributed by atoms with Crippen molar-refractivity contribution in [2.24, 2.45) is 0 Å². The van der Waals surface area contributed by atoms with E-state index in [1.165, 1.54) is 5.56 Å². The number of aryl methyl sites for hydroxylation is 2. The van der Waals surface area contributed by atoms with Crippen molar-refractivity contribution >= 4 is 28.8 Å². The number of likely N-dealkylation sites (N-methyl/N-ethyl adjacent to an activating group) is 1. The Kier molecular flexibility index (Phi) is 6.83. The lowest BCUT2D eigenvalue weighted by molar-refractivity contribution is -0.136. The van der Waals surface area contributed by atoms with Crippen molar-refractivity contribution in [1.82, 2.24) is 15.1 Å². The predicted octanol–water partition coefficient (Wildman–Crippen LogP) is 2.41. The number of anilines is 1. The Morgan fingerprint density at radius 3 is 2.36 bits per heavy atom. The Hall–Kier alpha value is -2.22. The number of nitrogens with zero attached hydrogens (tertiary/aromatic N) is 2. The van der Waals surface area contributed by atoms with Gasteiger partial charge < -0.3 is 15.5 Å². The molecular formula is C21H28N4O2S. The van der Waals surface area contributed by atoms with Gasteiger partial charge in [-0.3, -0.25) is 14.5 Å². The zero-order valence-corrected chi connectivity index (χ0v) is 17.5. The molecule has 1 aromatic carbocycles. The summed E-state index contributed by atoms with van der Waals surface area (Å²) in [5, 5.41) is 9.76. The molecule has 0 aliphatic carbocycles. The lowest BCUT2D eigenvalue weighted by atomic mass is 10.1. The lowest BCUT2D eigenvalue weighted by Crippen LogP contribution is -2.49. The third-order valence-electron chi connectivity index (χ3n) is 5.29. The van der Waals surface area contributed by atoms with E-state index in [2.05, 4.69) is 38.9 Å². The molecule has 7 heteroatoms. The molecule has 0 bridgehead atoms. The average Bonchev–Trinajstić information content (AvgIpc) is 3.20. The van der Waals surface area contributed by atoms with Crippen LogP contribution >= 0.6 is 11.3 Å². The molecule has 1 aliphatic rings. The van der Waals surface area contributed by atoms with Crippen LogP contribution in [0.1, 0.15) is 22.7 Å². The van der Waals surface area contributed by atoms with Crippen molar-refractivity contribution in [1.29, 1.82) is 0 Å². The van der Waals surface area contributed by atoms with E-state index in [1.807, 2.05) is 37.4 Å². The number of piperazine rings is 1. The summed E-state index contributed by atoms with van der Waals surface area (Å²) in [6.45, 7) is 8.15. The van der Waals surface area contributed by atoms with Crippen molar-refractivity contribution in [2.75, 3.05) is 45.1 Å². The summed E-state index contributed by atoms with van der Waals surface area (Å²) in [4.78, 5) is 29.5. The molecule has 2 aromatic rings. The molecule has 28 heavy (non-hydrogen) atoms. The van der Waals surface area contributed by atoms with Crippen LogP contribution in [0.2, 0.25) is 0 Å². The van der Waals surface area contributed by atoms with Gasteiger partial charge in [-0.2, -0.15) is 11.3 Å². The highest BCUT2D eigenvalue weighted by Gasteiger charge is 2.26. The summed E-state index contributed by atoms with van der Waals surface area (Å²) in [6.07, 6.45) is 0. The monoisotopic (exact) mass is 400 g/mol. The highest BCUT2D eigenvalue weighted by molar-refractivity contribution is 7.08. The zero-order valence-electron chi connectivity index (χ0n) is 16.7. The molecule has 1 unspecified atom stereocenters. The molecule has 1 aromatic heterocycles. The fourth-order valence-electron chi connectivity index (χ4n) is 3.51. The van der Waals surface area contributed by atoms with Crippen LogP contribution in [0.15, 0.2) is 35.0 Å². The fourth-order valence-corrected chi connectivity index (χ4v) is 4.21. The van der Waals surface area contributed by atoms with Gasteiger partial charge in [0.15, 0.2) is 0 Å². The van der Waals surface area contributed by atoms with E-state index in [-0.39, 0.29) is 6.04 Å². The first-order chi connectivity index (χ1) is 13.5. The van der Waals surface area contributed by atoms with Gasteiger partial charge in [0, 0.05) is 38.4 Å². The standard InChI is InChI=1S/C21H28N4O2S/c1-15-5-4-6-16(2)19(15)23-21(27)20(26)22-13-18(17-7-12-28-14-17)25-10-8-24(3)9-11-25/h4-7,12,14,18H,8-11,13H2,1-3H3,(H,22,26)(H,23,27). The molecule has 1 aliphatic heterocycles. The number of hydrogen-bond acceptors (Lipinski definition) is 5. The maximum absolute atomic E-state index is 12.4. The van der Waals surface area contributed by atoms with Gasteiger partial charge in [0.05, 0.1) is 6.04 Å². The molecule has 1 atom stereocenters. The Balaban J connectivity index is 1.62. The number of amides is 2. The minimum absolute atomic E-state index is 0.0805. The van der Waals surface area contributed by atoms with Crippen molar-refractivity contribution in [3.8, 4) is 0 Å². The van der Waals surface area contributed by atoms with Crippen molar-refractivity contribution in [3.05, 3.63) is 51.7 Å². The van der Waals surface area contributed by atoms with E-state index in [0.29, 0.717) is 12.2 Å². The summed E-state index contributed by atoms with van der Waals surface area (Å²) in [6, 6.07) is 7.94. The van der Waals surface area contributed by atoms with Crippen LogP contribution < -0.4 is 10.6 Å². The number of carbonyl (C=O) groups is 2. The molecular weight excluding hydrogens is 372 g/mol. The van der Waals surface area contributed by atoms with Gasteiger partial charge in [-0.05, 0) is 54.4 Å². The number of rotatable bonds is 5. The quantitative estimate of drug-likeness (QED) is 0.757. The van der Waals surface area contributed by atoms with Gasteiger partial charge >= 0.3 is 11.8 Å². The van der Waals surface area contributed by atoms with E-state index in [9.17, 15) is 9.59 Å². The minimum atomic E-state index is -0.625. The number of benzene rings is 1. The summed E-state index contributed by atoms with van der Waals surface area (Å²) in [5.74, 6) is -1.23. The maximum atomic E-state index is 12.4. The fraction of sp³-hybridized carbons (Fsp3) is 0.429. The van der Waals surface area contributed by atoms with Gasteiger partial charge in [0.2, 0.25) is 0 Å². The Morgan fingerprint density at radius 2 is 1.75 bits per heavy atom. The molecule has 2 heterocycles. The molecule has 2 N–H and O–H groups in total. The molecule has 0 spiro atoms. The largest absolute Gasteiger partial charge is 0.346 e. The highest BCUT2D eigenvalue weighted by atomic mass is 32.1. The first-order valence-corrected chi connectivity index (χ1v) is 10.5. The highest BCUT2D eigenvalue weighted by Crippen LogP contribution is 2.24. The van der Waals surface area contributed by atoms with E-state index < -0.39 is 11.8 Å². The lowest BCUT2D eigenvalue weighted by Gasteiger charge is -2.37. The van der Waals surface area contributed by atoms with Crippen molar-refractivity contribution < 1.29 is 9.59 Å². The molecule has 6 nitrogen and oxygen atoms in total. The normalized spacial score (nSPS) is 16.5. The second-order valence-corrected chi connectivity index (χ2v) is 8.12. The Morgan fingerprint density at radius 1 is 1.07 bits per heavy atom. The molecule has 1 fully saturated rings. The second kappa shape index (κ2) is 9.32. The van der Waals surface area contributed by atoms with Crippen LogP contribution in [0.4, 0.5) is 5.69 Å². The summed E-state index contributed by atoms with van der Waals surface area (Å²) >= 11 is 1.65. The van der Waals surface area contributed by atoms with E-state index in [1.54, 1.807) is 11.3 Å². The van der Waals surface area contributed by atoms with Gasteiger partial charge in [0.1, 0.15) is 0 Å². The number of carbonyl (C=O) groups excluding carboxylic acids is 2. The van der Waals surface area contributed by atoms with Gasteiger partial charge in [-0.1, -0.05) is 18.2 Å². The Bertz CT molecular complexity index is 794. The smallest absolute Gasteiger partial charge is 0.313 e. The molecule has 1 saturated heterocycles. The number of hydrogen-bond donors (Lipinski definition) is 2. The van der Waals surface area contributed by atoms with Crippen LogP contribution in [0, 0.1) is 13.8 Å². The third-order valence-corrected chi connectivity index (χ3v) is 5.99. The SMILES string of the molecule is Cc1cccc(C)c1NC(=O)C(=O)NCC(c1ccsc1)N1CCN(C)CC1. The average molecular weight is 401 g/mol. The number of thiophene rings is 1. The van der Waals surface area contributed by atoms with Crippen LogP contribution in [0.3, 0.4) is 0 Å². The van der Waals surface area contributed by atoms with E-state index in [0.717, 1.165) is 37.3 Å². The first kappa shape index (κ1) is 20.5. The van der Waals surface area contributed by atoms with Gasteiger partial charge in [-0.25, -0.2) is 0 Å². The van der Waals surface area contributed by atoms with Crippen LogP contribution in [-0.4, -0.2) is 61.4 Å². The molecule has 0 radical (unpaired) electrons. The van der Waals surface area contributed by atoms with E-state index in [4.69, 9.17) is 0 Å². The van der Waals surface area contributed by atoms with Gasteiger partial charge in [0.25, 0.3) is 0 Å². The van der Waals surface area contributed by atoms with Crippen LogP contribution in [0.5, 0.6) is 0 Å². The van der Waals surface area contributed by atoms with Crippen LogP contribution in [-0.2, 0) is 9.59 Å². The van der Waals surface area contributed by atoms with E-state index >= 15 is 0 Å². The zero-order chi connectivity index (χ0) is 20.1. The topological polar surface area (TPSA) is 64.7 Å². The molecule has 3 rings (SSSR count). The number of nitrogens with one attached hydrogen (secondary N) is 2. The van der Waals surface area contributed by atoms with Crippen LogP contribution in [0.25, 0.3) is 0 Å². The predicted molar refractivity (Wildman–Crippen MR) is 114 cm³/mol. The maximum Gasteiger partial charge on any atom is 0.313 e. The number of para-hydroxylation sites is 1. The summed E-state index contributed by atoms with van der Waals surface area (Å²) < 4.78 is 0.